The molecule has 3 rings (SSSR count). The number of benzene rings is 2. The molecular formula is C19H17NO2. The highest BCUT2D eigenvalue weighted by molar-refractivity contribution is 6.02. The molecule has 0 radical (unpaired) electrons. The summed E-state index contributed by atoms with van der Waals surface area (Å²) in [6.07, 6.45) is 0.777. The number of anilines is 1. The van der Waals surface area contributed by atoms with Crippen molar-refractivity contribution in [2.45, 2.75) is 13.3 Å². The summed E-state index contributed by atoms with van der Waals surface area (Å²) in [7, 11) is 0. The number of aryl methyl sites for hydroxylation is 1. The lowest BCUT2D eigenvalue weighted by atomic mass is 10.1. The van der Waals surface area contributed by atoms with Crippen LogP contribution in [0.5, 0.6) is 0 Å². The van der Waals surface area contributed by atoms with E-state index >= 15 is 0 Å². The van der Waals surface area contributed by atoms with Gasteiger partial charge in [0.25, 0.3) is 5.91 Å². The van der Waals surface area contributed by atoms with Gasteiger partial charge in [-0.3, -0.25) is 4.79 Å². The van der Waals surface area contributed by atoms with Crippen LogP contribution in [0.2, 0.25) is 0 Å². The van der Waals surface area contributed by atoms with Crippen molar-refractivity contribution in [1.29, 1.82) is 0 Å². The van der Waals surface area contributed by atoms with Crippen molar-refractivity contribution < 1.29 is 9.21 Å². The summed E-state index contributed by atoms with van der Waals surface area (Å²) in [6.45, 7) is 1.99. The Balaban J connectivity index is 1.72. The molecule has 22 heavy (non-hydrogen) atoms. The van der Waals surface area contributed by atoms with Crippen LogP contribution in [0.1, 0.15) is 23.2 Å². The minimum atomic E-state index is -0.229. The van der Waals surface area contributed by atoms with Crippen LogP contribution in [0.25, 0.3) is 11.1 Å². The number of carbonyl (C=O) groups excluding carboxylic acids is 1. The van der Waals surface area contributed by atoms with Gasteiger partial charge in [-0.05, 0) is 35.4 Å². The topological polar surface area (TPSA) is 42.2 Å². The van der Waals surface area contributed by atoms with Crippen molar-refractivity contribution in [3.05, 3.63) is 78.3 Å². The average Bonchev–Trinajstić information content (AvgIpc) is 3.06. The van der Waals surface area contributed by atoms with E-state index in [-0.39, 0.29) is 5.91 Å². The Morgan fingerprint density at radius 2 is 1.59 bits per heavy atom. The van der Waals surface area contributed by atoms with E-state index in [1.807, 2.05) is 55.5 Å². The Morgan fingerprint density at radius 1 is 0.909 bits per heavy atom. The Kier molecular flexibility index (Phi) is 4.05. The molecule has 1 heterocycles. The summed E-state index contributed by atoms with van der Waals surface area (Å²) in [5.74, 6) is 0.917. The molecule has 0 aliphatic carbocycles. The zero-order valence-corrected chi connectivity index (χ0v) is 12.4. The summed E-state index contributed by atoms with van der Waals surface area (Å²) in [5.41, 5.74) is 3.02. The van der Waals surface area contributed by atoms with Crippen molar-refractivity contribution >= 4 is 11.6 Å². The summed E-state index contributed by atoms with van der Waals surface area (Å²) < 4.78 is 5.45. The normalized spacial score (nSPS) is 10.4. The van der Waals surface area contributed by atoms with Gasteiger partial charge in [0.1, 0.15) is 5.76 Å². The SMILES string of the molecule is CCc1ccc(C(=O)Nc2ccc(-c3ccccc3)cc2)o1. The number of rotatable bonds is 4. The fourth-order valence-electron chi connectivity index (χ4n) is 2.26. The summed E-state index contributed by atoms with van der Waals surface area (Å²) >= 11 is 0. The maximum absolute atomic E-state index is 12.1. The Morgan fingerprint density at radius 3 is 2.23 bits per heavy atom. The van der Waals surface area contributed by atoms with Crippen LogP contribution in [0.15, 0.2) is 71.1 Å². The van der Waals surface area contributed by atoms with Gasteiger partial charge >= 0.3 is 0 Å². The second kappa shape index (κ2) is 6.31. The van der Waals surface area contributed by atoms with Gasteiger partial charge in [0.15, 0.2) is 5.76 Å². The third kappa shape index (κ3) is 3.09. The predicted molar refractivity (Wildman–Crippen MR) is 87.9 cm³/mol. The second-order valence-corrected chi connectivity index (χ2v) is 5.02. The lowest BCUT2D eigenvalue weighted by Crippen LogP contribution is -2.10. The van der Waals surface area contributed by atoms with E-state index in [4.69, 9.17) is 4.42 Å². The van der Waals surface area contributed by atoms with Gasteiger partial charge in [-0.2, -0.15) is 0 Å². The Bertz CT molecular complexity index is 758. The summed E-state index contributed by atoms with van der Waals surface area (Å²) in [4.78, 5) is 12.1. The molecule has 0 atom stereocenters. The maximum atomic E-state index is 12.1. The first-order chi connectivity index (χ1) is 10.8. The van der Waals surface area contributed by atoms with E-state index in [0.717, 1.165) is 29.0 Å². The van der Waals surface area contributed by atoms with Crippen LogP contribution in [0.3, 0.4) is 0 Å². The molecule has 2 aromatic carbocycles. The van der Waals surface area contributed by atoms with E-state index in [0.29, 0.717) is 5.76 Å². The smallest absolute Gasteiger partial charge is 0.291 e. The molecule has 110 valence electrons. The number of hydrogen-bond acceptors (Lipinski definition) is 2. The number of carbonyl (C=O) groups is 1. The molecule has 0 saturated heterocycles. The molecule has 0 aliphatic heterocycles. The Hall–Kier alpha value is -2.81. The van der Waals surface area contributed by atoms with Crippen LogP contribution in [-0.4, -0.2) is 5.91 Å². The van der Waals surface area contributed by atoms with E-state index < -0.39 is 0 Å². The maximum Gasteiger partial charge on any atom is 0.291 e. The minimum absolute atomic E-state index is 0.229. The van der Waals surface area contributed by atoms with Crippen LogP contribution < -0.4 is 5.32 Å². The highest BCUT2D eigenvalue weighted by atomic mass is 16.3. The monoisotopic (exact) mass is 291 g/mol. The van der Waals surface area contributed by atoms with E-state index in [9.17, 15) is 4.79 Å². The van der Waals surface area contributed by atoms with Crippen LogP contribution in [0.4, 0.5) is 5.69 Å². The molecule has 1 aromatic heterocycles. The first kappa shape index (κ1) is 14.1. The largest absolute Gasteiger partial charge is 0.456 e. The number of hydrogen-bond donors (Lipinski definition) is 1. The fourth-order valence-corrected chi connectivity index (χ4v) is 2.26. The molecule has 1 N–H and O–H groups in total. The van der Waals surface area contributed by atoms with Gasteiger partial charge in [-0.25, -0.2) is 0 Å². The van der Waals surface area contributed by atoms with Crippen molar-refractivity contribution in [2.24, 2.45) is 0 Å². The van der Waals surface area contributed by atoms with Crippen molar-refractivity contribution in [3.63, 3.8) is 0 Å². The molecule has 0 unspecified atom stereocenters. The standard InChI is InChI=1S/C19H17NO2/c1-2-17-12-13-18(22-17)19(21)20-16-10-8-15(9-11-16)14-6-4-3-5-7-14/h3-13H,2H2,1H3,(H,20,21). The number of amides is 1. The molecule has 3 heteroatoms. The highest BCUT2D eigenvalue weighted by Crippen LogP contribution is 2.21. The van der Waals surface area contributed by atoms with Gasteiger partial charge in [-0.1, -0.05) is 49.4 Å². The second-order valence-electron chi connectivity index (χ2n) is 5.02. The molecule has 1 amide bonds. The number of nitrogens with one attached hydrogen (secondary N) is 1. The Labute approximate surface area is 129 Å². The van der Waals surface area contributed by atoms with Crippen LogP contribution in [-0.2, 0) is 6.42 Å². The van der Waals surface area contributed by atoms with Gasteiger partial charge < -0.3 is 9.73 Å². The minimum Gasteiger partial charge on any atom is -0.456 e. The van der Waals surface area contributed by atoms with E-state index in [2.05, 4.69) is 17.4 Å². The van der Waals surface area contributed by atoms with Gasteiger partial charge in [0.2, 0.25) is 0 Å². The first-order valence-corrected chi connectivity index (χ1v) is 7.32. The molecule has 0 aliphatic rings. The summed E-state index contributed by atoms with van der Waals surface area (Å²) in [6, 6.07) is 21.4. The van der Waals surface area contributed by atoms with Gasteiger partial charge in [0, 0.05) is 12.1 Å². The molecule has 3 nitrogen and oxygen atoms in total. The number of furan rings is 1. The van der Waals surface area contributed by atoms with Crippen LogP contribution in [0, 0.1) is 0 Å². The molecule has 0 spiro atoms. The van der Waals surface area contributed by atoms with Crippen LogP contribution >= 0.6 is 0 Å². The highest BCUT2D eigenvalue weighted by Gasteiger charge is 2.10. The van der Waals surface area contributed by atoms with E-state index in [1.165, 1.54) is 0 Å². The fraction of sp³-hybridized carbons (Fsp3) is 0.105. The molecular weight excluding hydrogens is 274 g/mol. The third-order valence-corrected chi connectivity index (χ3v) is 3.48. The average molecular weight is 291 g/mol. The quantitative estimate of drug-likeness (QED) is 0.753. The van der Waals surface area contributed by atoms with Crippen molar-refractivity contribution in [3.8, 4) is 11.1 Å². The predicted octanol–water partition coefficient (Wildman–Crippen LogP) is 4.76. The molecule has 0 fully saturated rings. The van der Waals surface area contributed by atoms with E-state index in [1.54, 1.807) is 6.07 Å². The first-order valence-electron chi connectivity index (χ1n) is 7.32. The third-order valence-electron chi connectivity index (χ3n) is 3.48. The molecule has 0 bridgehead atoms. The zero-order chi connectivity index (χ0) is 15.4. The zero-order valence-electron chi connectivity index (χ0n) is 12.4. The lowest BCUT2D eigenvalue weighted by Gasteiger charge is -2.05. The van der Waals surface area contributed by atoms with Crippen molar-refractivity contribution in [2.75, 3.05) is 5.32 Å². The van der Waals surface area contributed by atoms with Crippen molar-refractivity contribution in [1.82, 2.24) is 0 Å². The van der Waals surface area contributed by atoms with Gasteiger partial charge in [0.05, 0.1) is 0 Å². The molecule has 3 aromatic rings. The molecule has 0 saturated carbocycles. The van der Waals surface area contributed by atoms with Gasteiger partial charge in [-0.15, -0.1) is 0 Å². The lowest BCUT2D eigenvalue weighted by molar-refractivity contribution is 0.0995. The summed E-state index contributed by atoms with van der Waals surface area (Å²) in [5, 5.41) is 2.84.